The number of hydrogen-bond acceptors (Lipinski definition) is 7. The fourth-order valence-electron chi connectivity index (χ4n) is 2.96. The van der Waals surface area contributed by atoms with Gasteiger partial charge in [0.15, 0.2) is 0 Å². The summed E-state index contributed by atoms with van der Waals surface area (Å²) < 4.78 is 7.08. The smallest absolute Gasteiger partial charge is 0.146 e. The van der Waals surface area contributed by atoms with Crippen molar-refractivity contribution in [2.75, 3.05) is 34.3 Å². The fourth-order valence-corrected chi connectivity index (χ4v) is 2.96. The number of nitriles is 1. The molecule has 3 heterocycles. The third-order valence-corrected chi connectivity index (χ3v) is 4.31. The molecule has 0 unspecified atom stereocenters. The van der Waals surface area contributed by atoms with Gasteiger partial charge in [0.05, 0.1) is 19.3 Å². The zero-order valence-corrected chi connectivity index (χ0v) is 16.8. The highest BCUT2D eigenvalue weighted by molar-refractivity contribution is 6.22. The summed E-state index contributed by atoms with van der Waals surface area (Å²) in [7, 11) is 5.32. The molecule has 2 aromatic rings. The highest BCUT2D eigenvalue weighted by Crippen LogP contribution is 2.28. The molecule has 0 aliphatic carbocycles. The topological polar surface area (TPSA) is 104 Å². The van der Waals surface area contributed by atoms with Crippen LogP contribution in [0.1, 0.15) is 18.1 Å². The molecule has 0 radical (unpaired) electrons. The summed E-state index contributed by atoms with van der Waals surface area (Å²) in [4.78, 5) is 6.85. The van der Waals surface area contributed by atoms with Crippen molar-refractivity contribution >= 4 is 16.8 Å². The largest absolute Gasteiger partial charge is 0.494 e. The molecular weight excluding hydrogens is 354 g/mol. The molecule has 1 saturated heterocycles. The van der Waals surface area contributed by atoms with Crippen molar-refractivity contribution in [2.24, 2.45) is 10.7 Å². The SMILES string of the molecule is C=CN1CC(N=C(C)/C(=C\N)c2cc(OC)c3c(C#N)cnn3c2)C1.CNC. The number of ether oxygens (including phenoxy) is 1. The third kappa shape index (κ3) is 4.32. The Hall–Kier alpha value is -3.31. The summed E-state index contributed by atoms with van der Waals surface area (Å²) >= 11 is 0. The van der Waals surface area contributed by atoms with Gasteiger partial charge < -0.3 is 20.7 Å². The number of fused-ring (bicyclic) bond motifs is 1. The summed E-state index contributed by atoms with van der Waals surface area (Å²) in [6.07, 6.45) is 6.71. The lowest BCUT2D eigenvalue weighted by Gasteiger charge is -2.36. The van der Waals surface area contributed by atoms with Gasteiger partial charge in [0, 0.05) is 42.3 Å². The van der Waals surface area contributed by atoms with Gasteiger partial charge in [-0.1, -0.05) is 6.58 Å². The van der Waals surface area contributed by atoms with Crippen LogP contribution in [0.25, 0.3) is 11.1 Å². The molecule has 8 heteroatoms. The molecule has 3 N–H and O–H groups in total. The number of allylic oxidation sites excluding steroid dienone is 1. The molecule has 3 rings (SSSR count). The molecule has 8 nitrogen and oxygen atoms in total. The lowest BCUT2D eigenvalue weighted by Crippen LogP contribution is -2.46. The maximum absolute atomic E-state index is 9.21. The van der Waals surface area contributed by atoms with Crippen molar-refractivity contribution in [2.45, 2.75) is 13.0 Å². The zero-order valence-electron chi connectivity index (χ0n) is 16.8. The average molecular weight is 381 g/mol. The van der Waals surface area contributed by atoms with E-state index in [1.165, 1.54) is 12.4 Å². The van der Waals surface area contributed by atoms with Gasteiger partial charge in [-0.3, -0.25) is 4.99 Å². The number of nitrogens with zero attached hydrogens (tertiary/aromatic N) is 5. The molecule has 1 aliphatic heterocycles. The van der Waals surface area contributed by atoms with Crippen molar-refractivity contribution in [3.8, 4) is 11.8 Å². The maximum Gasteiger partial charge on any atom is 0.146 e. The number of pyridine rings is 1. The van der Waals surface area contributed by atoms with Crippen molar-refractivity contribution < 1.29 is 4.74 Å². The van der Waals surface area contributed by atoms with Crippen molar-refractivity contribution in [3.05, 3.63) is 48.6 Å². The lowest BCUT2D eigenvalue weighted by atomic mass is 10.0. The van der Waals surface area contributed by atoms with Crippen molar-refractivity contribution in [1.82, 2.24) is 19.8 Å². The molecule has 2 aromatic heterocycles. The Labute approximate surface area is 165 Å². The van der Waals surface area contributed by atoms with Crippen LogP contribution >= 0.6 is 0 Å². The summed E-state index contributed by atoms with van der Waals surface area (Å²) in [5.74, 6) is 0.570. The molecule has 0 saturated carbocycles. The standard InChI is InChI=1S/C18H20N6O.C2H7N/c1-4-23-10-15(11-23)22-12(2)16(7-20)13-5-17(25-3)18-14(6-19)8-21-24(18)9-13;1-3-2/h4-5,7-9,15H,1,10-11,20H2,2-3H3;3H,1-2H3/b16-7+,22-12?;. The Bertz CT molecular complexity index is 930. The summed E-state index contributed by atoms with van der Waals surface area (Å²) in [5, 5.41) is 16.2. The van der Waals surface area contributed by atoms with E-state index in [0.29, 0.717) is 16.8 Å². The number of aliphatic imine (C=N–C) groups is 1. The van der Waals surface area contributed by atoms with Gasteiger partial charge in [-0.2, -0.15) is 10.4 Å². The van der Waals surface area contributed by atoms with E-state index < -0.39 is 0 Å². The number of hydrogen-bond donors (Lipinski definition) is 2. The number of nitrogens with two attached hydrogens (primary N) is 1. The first-order valence-corrected chi connectivity index (χ1v) is 8.90. The average Bonchev–Trinajstić information content (AvgIpc) is 3.08. The number of aromatic nitrogens is 2. The molecule has 0 amide bonds. The van der Waals surface area contributed by atoms with E-state index in [1.807, 2.05) is 39.5 Å². The molecule has 0 spiro atoms. The van der Waals surface area contributed by atoms with E-state index in [-0.39, 0.29) is 6.04 Å². The van der Waals surface area contributed by atoms with Gasteiger partial charge in [-0.05, 0) is 33.3 Å². The Morgan fingerprint density at radius 2 is 2.18 bits per heavy atom. The fraction of sp³-hybridized carbons (Fsp3) is 0.350. The second-order valence-electron chi connectivity index (χ2n) is 6.35. The van der Waals surface area contributed by atoms with Crippen molar-refractivity contribution in [1.29, 1.82) is 5.26 Å². The van der Waals surface area contributed by atoms with Crippen LogP contribution in [0, 0.1) is 11.3 Å². The van der Waals surface area contributed by atoms with Gasteiger partial charge in [0.2, 0.25) is 0 Å². The predicted molar refractivity (Wildman–Crippen MR) is 112 cm³/mol. The molecule has 28 heavy (non-hydrogen) atoms. The van der Waals surface area contributed by atoms with Crippen molar-refractivity contribution in [3.63, 3.8) is 0 Å². The zero-order chi connectivity index (χ0) is 20.7. The minimum atomic E-state index is 0.244. The lowest BCUT2D eigenvalue weighted by molar-refractivity contribution is 0.225. The second kappa shape index (κ2) is 9.58. The van der Waals surface area contributed by atoms with Crippen LogP contribution in [0.2, 0.25) is 0 Å². The van der Waals surface area contributed by atoms with Crippen LogP contribution < -0.4 is 15.8 Å². The monoisotopic (exact) mass is 381 g/mol. The summed E-state index contributed by atoms with van der Waals surface area (Å²) in [6.45, 7) is 7.43. The Kier molecular flexibility index (Phi) is 7.18. The normalized spacial score (nSPS) is 14.8. The number of nitrogens with one attached hydrogen (secondary N) is 1. The van der Waals surface area contributed by atoms with Crippen LogP contribution in [0.3, 0.4) is 0 Å². The summed E-state index contributed by atoms with van der Waals surface area (Å²) in [5.41, 5.74) is 9.47. The van der Waals surface area contributed by atoms with Gasteiger partial charge >= 0.3 is 0 Å². The number of methoxy groups -OCH3 is 1. The Morgan fingerprint density at radius 3 is 2.71 bits per heavy atom. The Morgan fingerprint density at radius 1 is 1.50 bits per heavy atom. The van der Waals surface area contributed by atoms with Gasteiger partial charge in [-0.15, -0.1) is 0 Å². The maximum atomic E-state index is 9.21. The first kappa shape index (κ1) is 21.0. The van der Waals surface area contributed by atoms with E-state index in [2.05, 4.69) is 28.0 Å². The molecule has 148 valence electrons. The quantitative estimate of drug-likeness (QED) is 0.763. The van der Waals surface area contributed by atoms with E-state index >= 15 is 0 Å². The molecule has 0 bridgehead atoms. The minimum Gasteiger partial charge on any atom is -0.494 e. The molecule has 0 aromatic carbocycles. The van der Waals surface area contributed by atoms with Crippen LogP contribution in [0.4, 0.5) is 0 Å². The predicted octanol–water partition coefficient (Wildman–Crippen LogP) is 1.64. The van der Waals surface area contributed by atoms with Crippen LogP contribution in [0.15, 0.2) is 42.4 Å². The minimum absolute atomic E-state index is 0.244. The van der Waals surface area contributed by atoms with Gasteiger partial charge in [-0.25, -0.2) is 4.52 Å². The van der Waals surface area contributed by atoms with Crippen LogP contribution in [-0.2, 0) is 0 Å². The van der Waals surface area contributed by atoms with E-state index in [4.69, 9.17) is 15.5 Å². The second-order valence-corrected chi connectivity index (χ2v) is 6.35. The van der Waals surface area contributed by atoms with E-state index in [1.54, 1.807) is 11.6 Å². The van der Waals surface area contributed by atoms with Crippen LogP contribution in [-0.4, -0.2) is 60.6 Å². The molecule has 1 fully saturated rings. The van der Waals surface area contributed by atoms with Gasteiger partial charge in [0.25, 0.3) is 0 Å². The molecule has 0 atom stereocenters. The number of likely N-dealkylation sites (tertiary alicyclic amines) is 1. The molecule has 1 aliphatic rings. The highest BCUT2D eigenvalue weighted by Gasteiger charge is 2.23. The third-order valence-electron chi connectivity index (χ3n) is 4.31. The van der Waals surface area contributed by atoms with E-state index in [0.717, 1.165) is 29.9 Å². The highest BCUT2D eigenvalue weighted by atomic mass is 16.5. The van der Waals surface area contributed by atoms with Crippen LogP contribution in [0.5, 0.6) is 5.75 Å². The number of rotatable bonds is 5. The first-order valence-electron chi connectivity index (χ1n) is 8.90. The summed E-state index contributed by atoms with van der Waals surface area (Å²) in [6, 6.07) is 4.22. The molecular formula is C20H27N7O. The van der Waals surface area contributed by atoms with E-state index in [9.17, 15) is 5.26 Å². The first-order chi connectivity index (χ1) is 13.5. The Balaban J connectivity index is 0.000000878. The van der Waals surface area contributed by atoms with Gasteiger partial charge in [0.1, 0.15) is 22.9 Å².